The minimum Gasteiger partial charge on any atom is -0.374 e. The molecule has 4 nitrogen and oxygen atoms in total. The van der Waals surface area contributed by atoms with Crippen molar-refractivity contribution < 1.29 is 4.79 Å². The number of hydrogen-bond donors (Lipinski definition) is 1. The highest BCUT2D eigenvalue weighted by atomic mass is 16.2. The van der Waals surface area contributed by atoms with Crippen LogP contribution in [0, 0.1) is 11.3 Å². The lowest BCUT2D eigenvalue weighted by atomic mass is 10.1. The van der Waals surface area contributed by atoms with Gasteiger partial charge < -0.3 is 5.32 Å². The van der Waals surface area contributed by atoms with E-state index in [0.29, 0.717) is 5.56 Å². The Labute approximate surface area is 110 Å². The third-order valence-corrected chi connectivity index (χ3v) is 3.06. The molecule has 2 aromatic rings. The molecule has 4 heteroatoms. The second kappa shape index (κ2) is 4.46. The molecule has 0 unspecified atom stereocenters. The SMILES string of the molecule is N#Cc1ccc2c(c1)N(c1ccccc1)C(=O)CN2. The monoisotopic (exact) mass is 249 g/mol. The molecule has 0 aliphatic carbocycles. The van der Waals surface area contributed by atoms with Crippen molar-refractivity contribution in [1.82, 2.24) is 0 Å². The van der Waals surface area contributed by atoms with Crippen molar-refractivity contribution in [3.05, 3.63) is 54.1 Å². The van der Waals surface area contributed by atoms with Crippen LogP contribution in [0.5, 0.6) is 0 Å². The van der Waals surface area contributed by atoms with Gasteiger partial charge >= 0.3 is 0 Å². The van der Waals surface area contributed by atoms with Crippen LogP contribution in [0.25, 0.3) is 0 Å². The first kappa shape index (κ1) is 11.3. The Balaban J connectivity index is 2.16. The molecule has 0 spiro atoms. The van der Waals surface area contributed by atoms with E-state index in [1.165, 1.54) is 0 Å². The summed E-state index contributed by atoms with van der Waals surface area (Å²) in [7, 11) is 0. The Bertz CT molecular complexity index is 674. The second-order valence-corrected chi connectivity index (χ2v) is 4.26. The number of hydrogen-bond acceptors (Lipinski definition) is 3. The fourth-order valence-corrected chi connectivity index (χ4v) is 2.18. The van der Waals surface area contributed by atoms with Gasteiger partial charge in [-0.25, -0.2) is 0 Å². The van der Waals surface area contributed by atoms with Gasteiger partial charge in [-0.15, -0.1) is 0 Å². The average Bonchev–Trinajstić information content (AvgIpc) is 2.47. The van der Waals surface area contributed by atoms with Gasteiger partial charge in [0.1, 0.15) is 0 Å². The van der Waals surface area contributed by atoms with Crippen molar-refractivity contribution in [2.45, 2.75) is 0 Å². The van der Waals surface area contributed by atoms with E-state index >= 15 is 0 Å². The summed E-state index contributed by atoms with van der Waals surface area (Å²) in [4.78, 5) is 13.8. The molecule has 0 aromatic heterocycles. The lowest BCUT2D eigenvalue weighted by Crippen LogP contribution is -2.36. The smallest absolute Gasteiger partial charge is 0.250 e. The lowest BCUT2D eigenvalue weighted by molar-refractivity contribution is -0.116. The highest BCUT2D eigenvalue weighted by molar-refractivity contribution is 6.08. The number of nitrogens with one attached hydrogen (secondary N) is 1. The van der Waals surface area contributed by atoms with Crippen LogP contribution in [0.4, 0.5) is 17.1 Å². The summed E-state index contributed by atoms with van der Waals surface area (Å²) >= 11 is 0. The summed E-state index contributed by atoms with van der Waals surface area (Å²) in [5, 5.41) is 12.1. The Morgan fingerprint density at radius 3 is 2.68 bits per heavy atom. The molecule has 0 bridgehead atoms. The number of anilines is 3. The van der Waals surface area contributed by atoms with E-state index < -0.39 is 0 Å². The first-order valence-corrected chi connectivity index (χ1v) is 5.95. The number of rotatable bonds is 1. The molecule has 19 heavy (non-hydrogen) atoms. The van der Waals surface area contributed by atoms with Gasteiger partial charge in [-0.1, -0.05) is 18.2 Å². The fourth-order valence-electron chi connectivity index (χ4n) is 2.18. The minimum absolute atomic E-state index is 0.0335. The molecule has 2 aromatic carbocycles. The average molecular weight is 249 g/mol. The van der Waals surface area contributed by atoms with Crippen LogP contribution in [-0.2, 0) is 4.79 Å². The maximum Gasteiger partial charge on any atom is 0.250 e. The van der Waals surface area contributed by atoms with E-state index in [1.807, 2.05) is 36.4 Å². The summed E-state index contributed by atoms with van der Waals surface area (Å²) in [6.45, 7) is 0.258. The van der Waals surface area contributed by atoms with Crippen molar-refractivity contribution in [1.29, 1.82) is 5.26 Å². The van der Waals surface area contributed by atoms with Crippen LogP contribution in [-0.4, -0.2) is 12.5 Å². The maximum atomic E-state index is 12.1. The van der Waals surface area contributed by atoms with E-state index in [9.17, 15) is 4.79 Å². The number of benzene rings is 2. The molecule has 0 saturated heterocycles. The highest BCUT2D eigenvalue weighted by Crippen LogP contribution is 2.35. The fraction of sp³-hybridized carbons (Fsp3) is 0.0667. The summed E-state index contributed by atoms with van der Waals surface area (Å²) in [5.74, 6) is -0.0335. The van der Waals surface area contributed by atoms with Gasteiger partial charge in [0.05, 0.1) is 29.6 Å². The topological polar surface area (TPSA) is 56.1 Å². The van der Waals surface area contributed by atoms with Crippen LogP contribution < -0.4 is 10.2 Å². The van der Waals surface area contributed by atoms with Crippen molar-refractivity contribution in [2.75, 3.05) is 16.8 Å². The van der Waals surface area contributed by atoms with Crippen LogP contribution in [0.15, 0.2) is 48.5 Å². The van der Waals surface area contributed by atoms with E-state index in [4.69, 9.17) is 5.26 Å². The second-order valence-electron chi connectivity index (χ2n) is 4.26. The molecule has 0 atom stereocenters. The van der Waals surface area contributed by atoms with Gasteiger partial charge in [-0.05, 0) is 30.3 Å². The number of carbonyl (C=O) groups excluding carboxylic acids is 1. The standard InChI is InChI=1S/C15H11N3O/c16-9-11-6-7-13-14(8-11)18(15(19)10-17-13)12-4-2-1-3-5-12/h1-8,17H,10H2. The third kappa shape index (κ3) is 1.91. The molecule has 1 aliphatic heterocycles. The maximum absolute atomic E-state index is 12.1. The molecule has 0 saturated carbocycles. The summed E-state index contributed by atoms with van der Waals surface area (Å²) in [6.07, 6.45) is 0. The van der Waals surface area contributed by atoms with Gasteiger partial charge in [-0.3, -0.25) is 9.69 Å². The third-order valence-electron chi connectivity index (χ3n) is 3.06. The zero-order chi connectivity index (χ0) is 13.2. The predicted molar refractivity (Wildman–Crippen MR) is 73.2 cm³/mol. The largest absolute Gasteiger partial charge is 0.374 e. The van der Waals surface area contributed by atoms with Gasteiger partial charge in [0.15, 0.2) is 0 Å². The number of nitrogens with zero attached hydrogens (tertiary/aromatic N) is 2. The van der Waals surface area contributed by atoms with E-state index in [2.05, 4.69) is 11.4 Å². The Morgan fingerprint density at radius 2 is 1.95 bits per heavy atom. The molecular formula is C15H11N3O. The normalized spacial score (nSPS) is 13.4. The van der Waals surface area contributed by atoms with E-state index in [0.717, 1.165) is 17.1 Å². The number of amides is 1. The van der Waals surface area contributed by atoms with Crippen LogP contribution in [0.2, 0.25) is 0 Å². The number of carbonyl (C=O) groups is 1. The first-order valence-electron chi connectivity index (χ1n) is 5.95. The van der Waals surface area contributed by atoms with Crippen molar-refractivity contribution >= 4 is 23.0 Å². The minimum atomic E-state index is -0.0335. The lowest BCUT2D eigenvalue weighted by Gasteiger charge is -2.30. The Hall–Kier alpha value is -2.80. The first-order chi connectivity index (χ1) is 9.29. The molecule has 1 heterocycles. The molecule has 3 rings (SSSR count). The van der Waals surface area contributed by atoms with E-state index in [1.54, 1.807) is 17.0 Å². The summed E-state index contributed by atoms with van der Waals surface area (Å²) < 4.78 is 0. The summed E-state index contributed by atoms with van der Waals surface area (Å²) in [5.41, 5.74) is 2.94. The Kier molecular flexibility index (Phi) is 2.66. The molecule has 1 N–H and O–H groups in total. The number of nitriles is 1. The molecule has 1 amide bonds. The zero-order valence-electron chi connectivity index (χ0n) is 10.1. The molecule has 92 valence electrons. The summed E-state index contributed by atoms with van der Waals surface area (Å²) in [6, 6.07) is 16.8. The molecule has 1 aliphatic rings. The van der Waals surface area contributed by atoms with Crippen LogP contribution >= 0.6 is 0 Å². The number of para-hydroxylation sites is 1. The predicted octanol–water partition coefficient (Wildman–Crippen LogP) is 2.65. The van der Waals surface area contributed by atoms with Crippen molar-refractivity contribution in [3.8, 4) is 6.07 Å². The van der Waals surface area contributed by atoms with Crippen molar-refractivity contribution in [2.24, 2.45) is 0 Å². The molecule has 0 radical (unpaired) electrons. The van der Waals surface area contributed by atoms with Gasteiger partial charge in [0, 0.05) is 5.69 Å². The van der Waals surface area contributed by atoms with E-state index in [-0.39, 0.29) is 12.5 Å². The van der Waals surface area contributed by atoms with Gasteiger partial charge in [0.25, 0.3) is 5.91 Å². The quantitative estimate of drug-likeness (QED) is 0.845. The van der Waals surface area contributed by atoms with Gasteiger partial charge in [0.2, 0.25) is 0 Å². The Morgan fingerprint density at radius 1 is 1.16 bits per heavy atom. The highest BCUT2D eigenvalue weighted by Gasteiger charge is 2.25. The van der Waals surface area contributed by atoms with Crippen molar-refractivity contribution in [3.63, 3.8) is 0 Å². The van der Waals surface area contributed by atoms with Crippen LogP contribution in [0.1, 0.15) is 5.56 Å². The number of fused-ring (bicyclic) bond motifs is 1. The molecular weight excluding hydrogens is 238 g/mol. The zero-order valence-corrected chi connectivity index (χ0v) is 10.1. The molecule has 0 fully saturated rings. The van der Waals surface area contributed by atoms with Gasteiger partial charge in [-0.2, -0.15) is 5.26 Å². The van der Waals surface area contributed by atoms with Crippen LogP contribution in [0.3, 0.4) is 0 Å².